The molecule has 1 N–H and O–H groups in total. The van der Waals surface area contributed by atoms with Crippen molar-refractivity contribution in [2.45, 2.75) is 26.3 Å². The van der Waals surface area contributed by atoms with Gasteiger partial charge >= 0.3 is 0 Å². The first-order valence-corrected chi connectivity index (χ1v) is 8.22. The quantitative estimate of drug-likeness (QED) is 0.586. The largest absolute Gasteiger partial charge is 0.322 e. The lowest BCUT2D eigenvalue weighted by Gasteiger charge is -2.10. The van der Waals surface area contributed by atoms with Crippen LogP contribution >= 0.6 is 0 Å². The highest BCUT2D eigenvalue weighted by molar-refractivity contribution is 5.85. The van der Waals surface area contributed by atoms with E-state index in [0.29, 0.717) is 29.4 Å². The molecule has 0 unspecified atom stereocenters. The van der Waals surface area contributed by atoms with E-state index in [4.69, 9.17) is 4.98 Å². The molecule has 4 heterocycles. The Morgan fingerprint density at radius 1 is 0.962 bits per heavy atom. The molecule has 130 valence electrons. The van der Waals surface area contributed by atoms with E-state index < -0.39 is 0 Å². The molecule has 4 aromatic heterocycles. The first kappa shape index (κ1) is 16.0. The molecule has 9 heteroatoms. The zero-order valence-corrected chi connectivity index (χ0v) is 14.4. The molecule has 0 spiro atoms. The number of rotatable bonds is 5. The fraction of sp³-hybridized carbons (Fsp3) is 0.235. The molecule has 4 rings (SSSR count). The summed E-state index contributed by atoms with van der Waals surface area (Å²) in [5, 5.41) is 3.19. The summed E-state index contributed by atoms with van der Waals surface area (Å²) in [6, 6.07) is 0.226. The maximum absolute atomic E-state index is 4.70. The topological polar surface area (TPSA) is 107 Å². The molecule has 0 fully saturated rings. The standard InChI is InChI=1S/C17H17N9/c1-11(2)26-10-22-15-16(24-14-9-19-4-6-21-14)23-13(25-17(15)26)7-12-8-18-3-5-20-12/h3-6,8-11H,7H2,1-2H3,(H,21,23,24,25). The molecule has 0 radical (unpaired) electrons. The summed E-state index contributed by atoms with van der Waals surface area (Å²) in [5.74, 6) is 1.82. The van der Waals surface area contributed by atoms with E-state index in [0.717, 1.165) is 11.3 Å². The highest BCUT2D eigenvalue weighted by Gasteiger charge is 2.16. The van der Waals surface area contributed by atoms with Crippen molar-refractivity contribution < 1.29 is 0 Å². The van der Waals surface area contributed by atoms with Crippen molar-refractivity contribution in [3.8, 4) is 0 Å². The van der Waals surface area contributed by atoms with Crippen molar-refractivity contribution in [2.24, 2.45) is 0 Å². The molecule has 0 amide bonds. The van der Waals surface area contributed by atoms with Crippen molar-refractivity contribution in [2.75, 3.05) is 5.32 Å². The van der Waals surface area contributed by atoms with E-state index in [1.807, 2.05) is 4.57 Å². The SMILES string of the molecule is CC(C)n1cnc2c(Nc3cnccn3)nc(Cc3cnccn3)nc21. The van der Waals surface area contributed by atoms with Crippen LogP contribution in [0.3, 0.4) is 0 Å². The third-order valence-electron chi connectivity index (χ3n) is 3.79. The normalized spacial score (nSPS) is 11.2. The number of hydrogen-bond donors (Lipinski definition) is 1. The van der Waals surface area contributed by atoms with Gasteiger partial charge in [0, 0.05) is 37.0 Å². The van der Waals surface area contributed by atoms with Gasteiger partial charge in [0.1, 0.15) is 11.6 Å². The predicted molar refractivity (Wildman–Crippen MR) is 95.9 cm³/mol. The zero-order valence-electron chi connectivity index (χ0n) is 14.4. The maximum atomic E-state index is 4.70. The van der Waals surface area contributed by atoms with Crippen LogP contribution in [-0.2, 0) is 6.42 Å². The van der Waals surface area contributed by atoms with E-state index in [9.17, 15) is 0 Å². The predicted octanol–water partition coefficient (Wildman–Crippen LogP) is 2.32. The Labute approximate surface area is 149 Å². The number of aromatic nitrogens is 8. The molecular weight excluding hydrogens is 330 g/mol. The number of hydrogen-bond acceptors (Lipinski definition) is 8. The van der Waals surface area contributed by atoms with E-state index in [-0.39, 0.29) is 6.04 Å². The second kappa shape index (κ2) is 6.79. The van der Waals surface area contributed by atoms with Crippen molar-refractivity contribution in [3.63, 3.8) is 0 Å². The minimum absolute atomic E-state index is 0.226. The van der Waals surface area contributed by atoms with Gasteiger partial charge in [0.25, 0.3) is 0 Å². The smallest absolute Gasteiger partial charge is 0.166 e. The van der Waals surface area contributed by atoms with Gasteiger partial charge in [0.15, 0.2) is 17.0 Å². The number of fused-ring (bicyclic) bond motifs is 1. The highest BCUT2D eigenvalue weighted by atomic mass is 15.2. The van der Waals surface area contributed by atoms with E-state index in [1.54, 1.807) is 43.5 Å². The molecule has 4 aromatic rings. The van der Waals surface area contributed by atoms with Gasteiger partial charge in [-0.15, -0.1) is 0 Å². The molecule has 0 aromatic carbocycles. The van der Waals surface area contributed by atoms with Crippen molar-refractivity contribution in [1.82, 2.24) is 39.5 Å². The van der Waals surface area contributed by atoms with Crippen LogP contribution in [0, 0.1) is 0 Å². The van der Waals surface area contributed by atoms with E-state index in [1.165, 1.54) is 0 Å². The zero-order chi connectivity index (χ0) is 17.9. The second-order valence-electron chi connectivity index (χ2n) is 6.00. The van der Waals surface area contributed by atoms with Crippen LogP contribution in [0.5, 0.6) is 0 Å². The van der Waals surface area contributed by atoms with Gasteiger partial charge in [-0.25, -0.2) is 19.9 Å². The molecule has 0 aliphatic rings. The second-order valence-corrected chi connectivity index (χ2v) is 6.00. The van der Waals surface area contributed by atoms with Gasteiger partial charge in [-0.1, -0.05) is 0 Å². The van der Waals surface area contributed by atoms with Crippen molar-refractivity contribution in [3.05, 3.63) is 55.0 Å². The summed E-state index contributed by atoms with van der Waals surface area (Å²) in [5.41, 5.74) is 2.25. The first-order valence-electron chi connectivity index (χ1n) is 8.22. The lowest BCUT2D eigenvalue weighted by Crippen LogP contribution is -2.07. The van der Waals surface area contributed by atoms with E-state index in [2.05, 4.69) is 49.1 Å². The van der Waals surface area contributed by atoms with Crippen molar-refractivity contribution in [1.29, 1.82) is 0 Å². The number of nitrogens with one attached hydrogen (secondary N) is 1. The Balaban J connectivity index is 1.80. The van der Waals surface area contributed by atoms with Gasteiger partial charge in [-0.3, -0.25) is 15.0 Å². The monoisotopic (exact) mass is 347 g/mol. The average Bonchev–Trinajstić information content (AvgIpc) is 3.08. The number of imidazole rings is 1. The molecule has 0 saturated carbocycles. The molecule has 26 heavy (non-hydrogen) atoms. The number of nitrogens with zero attached hydrogens (tertiary/aromatic N) is 8. The van der Waals surface area contributed by atoms with Gasteiger partial charge in [0.2, 0.25) is 0 Å². The highest BCUT2D eigenvalue weighted by Crippen LogP contribution is 2.24. The Bertz CT molecular complexity index is 1010. The summed E-state index contributed by atoms with van der Waals surface area (Å²) < 4.78 is 2.01. The molecule has 0 aliphatic carbocycles. The van der Waals surface area contributed by atoms with Gasteiger partial charge in [-0.2, -0.15) is 0 Å². The third kappa shape index (κ3) is 3.18. The fourth-order valence-corrected chi connectivity index (χ4v) is 2.57. The number of anilines is 2. The summed E-state index contributed by atoms with van der Waals surface area (Å²) in [7, 11) is 0. The molecule has 0 aliphatic heterocycles. The summed E-state index contributed by atoms with van der Waals surface area (Å²) in [6.07, 6.45) is 12.1. The summed E-state index contributed by atoms with van der Waals surface area (Å²) >= 11 is 0. The molecule has 0 atom stereocenters. The van der Waals surface area contributed by atoms with Crippen molar-refractivity contribution >= 4 is 22.8 Å². The Morgan fingerprint density at radius 3 is 2.46 bits per heavy atom. The molecule has 0 bridgehead atoms. The van der Waals surface area contributed by atoms with E-state index >= 15 is 0 Å². The van der Waals surface area contributed by atoms with Gasteiger partial charge < -0.3 is 9.88 Å². The van der Waals surface area contributed by atoms with Crippen LogP contribution < -0.4 is 5.32 Å². The van der Waals surface area contributed by atoms with Crippen LogP contribution in [0.2, 0.25) is 0 Å². The minimum atomic E-state index is 0.226. The van der Waals surface area contributed by atoms with Gasteiger partial charge in [-0.05, 0) is 13.8 Å². The maximum Gasteiger partial charge on any atom is 0.166 e. The lowest BCUT2D eigenvalue weighted by molar-refractivity contribution is 0.611. The van der Waals surface area contributed by atoms with Crippen LogP contribution in [0.15, 0.2) is 43.5 Å². The Morgan fingerprint density at radius 2 is 1.77 bits per heavy atom. The van der Waals surface area contributed by atoms with Crippen LogP contribution in [0.25, 0.3) is 11.2 Å². The first-order chi connectivity index (χ1) is 12.7. The van der Waals surface area contributed by atoms with Crippen LogP contribution in [0.4, 0.5) is 11.6 Å². The molecule has 0 saturated heterocycles. The Hall–Kier alpha value is -3.49. The van der Waals surface area contributed by atoms with Gasteiger partial charge in [0.05, 0.1) is 24.6 Å². The van der Waals surface area contributed by atoms with Crippen LogP contribution in [0.1, 0.15) is 31.4 Å². The molecular formula is C17H17N9. The average molecular weight is 347 g/mol. The molecule has 9 nitrogen and oxygen atoms in total. The lowest BCUT2D eigenvalue weighted by atomic mass is 10.3. The third-order valence-corrected chi connectivity index (χ3v) is 3.79. The Kier molecular flexibility index (Phi) is 4.18. The fourth-order valence-electron chi connectivity index (χ4n) is 2.57. The van der Waals surface area contributed by atoms with Crippen LogP contribution in [-0.4, -0.2) is 39.5 Å². The minimum Gasteiger partial charge on any atom is -0.322 e. The summed E-state index contributed by atoms with van der Waals surface area (Å²) in [6.45, 7) is 4.17. The summed E-state index contributed by atoms with van der Waals surface area (Å²) in [4.78, 5) is 30.5.